The maximum Gasteiger partial charge on any atom is 0.415 e. The number of benzene rings is 2. The van der Waals surface area contributed by atoms with Gasteiger partial charge in [-0.05, 0) is 6.07 Å². The Hall–Kier alpha value is -3.15. The van der Waals surface area contributed by atoms with Crippen LogP contribution in [0.5, 0.6) is 5.75 Å². The lowest BCUT2D eigenvalue weighted by Gasteiger charge is -2.35. The molecule has 1 aliphatic rings. The van der Waals surface area contributed by atoms with Crippen LogP contribution in [0.1, 0.15) is 5.56 Å². The van der Waals surface area contributed by atoms with E-state index in [1.807, 2.05) is 0 Å². The third-order valence-electron chi connectivity index (χ3n) is 4.08. The molecule has 28 heavy (non-hydrogen) atoms. The molecule has 0 bridgehead atoms. The first kappa shape index (κ1) is 19.6. The van der Waals surface area contributed by atoms with E-state index in [1.165, 1.54) is 0 Å². The standard InChI is InChI=1S/C19H10F7NO/c1-3-5-27-8-19(25,26)28-13-7-11(20)10(6-12(13)27)14-15(21)9(4-2)16(22)18(24)17(14)23/h1,4,6-7H,2,5,8H2. The number of hydrogen-bond donors (Lipinski definition) is 0. The summed E-state index contributed by atoms with van der Waals surface area (Å²) in [6, 6.07) is 1.25. The van der Waals surface area contributed by atoms with E-state index in [9.17, 15) is 30.7 Å². The molecule has 1 aliphatic heterocycles. The smallest absolute Gasteiger partial charge is 0.415 e. The van der Waals surface area contributed by atoms with Gasteiger partial charge >= 0.3 is 6.11 Å². The van der Waals surface area contributed by atoms with Gasteiger partial charge in [-0.15, -0.1) is 6.42 Å². The third kappa shape index (κ3) is 3.05. The minimum atomic E-state index is -3.69. The number of halogens is 7. The highest BCUT2D eigenvalue weighted by molar-refractivity contribution is 5.76. The summed E-state index contributed by atoms with van der Waals surface area (Å²) in [6.45, 7) is 1.75. The van der Waals surface area contributed by atoms with E-state index in [1.54, 1.807) is 0 Å². The van der Waals surface area contributed by atoms with Crippen LogP contribution in [0, 0.1) is 41.4 Å². The van der Waals surface area contributed by atoms with Crippen LogP contribution < -0.4 is 9.64 Å². The fourth-order valence-electron chi connectivity index (χ4n) is 2.88. The van der Waals surface area contributed by atoms with E-state index in [-0.39, 0.29) is 12.2 Å². The molecule has 0 radical (unpaired) electrons. The zero-order chi connectivity index (χ0) is 20.8. The number of nitrogens with zero attached hydrogens (tertiary/aromatic N) is 1. The van der Waals surface area contributed by atoms with Crippen LogP contribution in [0.2, 0.25) is 0 Å². The summed E-state index contributed by atoms with van der Waals surface area (Å²) in [5.74, 6) is -7.35. The fraction of sp³-hybridized carbons (Fsp3) is 0.158. The molecule has 0 N–H and O–H groups in total. The second kappa shape index (κ2) is 6.78. The van der Waals surface area contributed by atoms with Crippen LogP contribution in [-0.4, -0.2) is 19.2 Å². The first-order valence-electron chi connectivity index (χ1n) is 7.68. The van der Waals surface area contributed by atoms with Gasteiger partial charge < -0.3 is 9.64 Å². The molecule has 0 spiro atoms. The van der Waals surface area contributed by atoms with Gasteiger partial charge in [-0.2, -0.15) is 8.78 Å². The Morgan fingerprint density at radius 1 is 1.11 bits per heavy atom. The van der Waals surface area contributed by atoms with E-state index in [2.05, 4.69) is 17.2 Å². The molecule has 146 valence electrons. The second-order valence-electron chi connectivity index (χ2n) is 5.85. The average molecular weight is 401 g/mol. The summed E-state index contributed by atoms with van der Waals surface area (Å²) in [5.41, 5.74) is -3.24. The molecule has 2 aromatic rings. The van der Waals surface area contributed by atoms with Gasteiger partial charge in [0.2, 0.25) is 0 Å². The number of rotatable bonds is 3. The van der Waals surface area contributed by atoms with Crippen molar-refractivity contribution >= 4 is 11.8 Å². The van der Waals surface area contributed by atoms with Crippen molar-refractivity contribution in [3.63, 3.8) is 0 Å². The van der Waals surface area contributed by atoms with Gasteiger partial charge in [0.05, 0.1) is 17.8 Å². The summed E-state index contributed by atoms with van der Waals surface area (Å²) in [4.78, 5) is 0.922. The SMILES string of the molecule is C#CCN1CC(F)(F)Oc2cc(F)c(-c3c(F)c(F)c(F)c(C=C)c3F)cc21. The molecule has 1 heterocycles. The Morgan fingerprint density at radius 2 is 1.79 bits per heavy atom. The van der Waals surface area contributed by atoms with Crippen LogP contribution in [0.15, 0.2) is 18.7 Å². The van der Waals surface area contributed by atoms with Gasteiger partial charge in [0.15, 0.2) is 23.2 Å². The summed E-state index contributed by atoms with van der Waals surface area (Å²) in [7, 11) is 0. The molecule has 0 fully saturated rings. The molecule has 2 aromatic carbocycles. The lowest BCUT2D eigenvalue weighted by molar-refractivity contribution is -0.171. The van der Waals surface area contributed by atoms with E-state index >= 15 is 0 Å². The Bertz CT molecular complexity index is 1030. The largest absolute Gasteiger partial charge is 0.429 e. The molecule has 0 saturated carbocycles. The number of ether oxygens (including phenoxy) is 1. The molecule has 0 unspecified atom stereocenters. The van der Waals surface area contributed by atoms with Gasteiger partial charge in [0.25, 0.3) is 0 Å². The third-order valence-corrected chi connectivity index (χ3v) is 4.08. The van der Waals surface area contributed by atoms with Crippen molar-refractivity contribution in [1.82, 2.24) is 0 Å². The van der Waals surface area contributed by atoms with E-state index < -0.39 is 64.2 Å². The highest BCUT2D eigenvalue weighted by atomic mass is 19.3. The van der Waals surface area contributed by atoms with Gasteiger partial charge in [0.1, 0.15) is 18.2 Å². The van der Waals surface area contributed by atoms with Crippen molar-refractivity contribution in [1.29, 1.82) is 0 Å². The summed E-state index contributed by atoms with van der Waals surface area (Å²) in [6.07, 6.45) is 2.04. The molecule has 0 saturated heterocycles. The lowest BCUT2D eigenvalue weighted by atomic mass is 9.98. The Labute approximate surface area is 154 Å². The highest BCUT2D eigenvalue weighted by Crippen LogP contribution is 2.43. The number of terminal acetylenes is 1. The number of anilines is 1. The molecular formula is C19H10F7NO. The molecule has 0 amide bonds. The Morgan fingerprint density at radius 3 is 2.39 bits per heavy atom. The summed E-state index contributed by atoms with van der Waals surface area (Å²) in [5, 5.41) is 0. The first-order valence-corrected chi connectivity index (χ1v) is 7.68. The number of hydrogen-bond acceptors (Lipinski definition) is 2. The highest BCUT2D eigenvalue weighted by Gasteiger charge is 2.41. The van der Waals surface area contributed by atoms with Gasteiger partial charge in [-0.3, -0.25) is 0 Å². The molecular weight excluding hydrogens is 391 g/mol. The van der Waals surface area contributed by atoms with Crippen molar-refractivity contribution in [3.05, 3.63) is 53.4 Å². The topological polar surface area (TPSA) is 12.5 Å². The molecule has 0 atom stereocenters. The monoisotopic (exact) mass is 401 g/mol. The quantitative estimate of drug-likeness (QED) is 0.307. The van der Waals surface area contributed by atoms with Gasteiger partial charge in [-0.25, -0.2) is 22.0 Å². The minimum absolute atomic E-state index is 0.191. The normalized spacial score (nSPS) is 14.9. The zero-order valence-corrected chi connectivity index (χ0v) is 13.9. The predicted octanol–water partition coefficient (Wildman–Crippen LogP) is 5.12. The molecule has 0 aromatic heterocycles. The first-order chi connectivity index (χ1) is 13.1. The fourth-order valence-corrected chi connectivity index (χ4v) is 2.88. The van der Waals surface area contributed by atoms with Crippen molar-refractivity contribution < 1.29 is 35.5 Å². The van der Waals surface area contributed by atoms with E-state index in [0.29, 0.717) is 12.1 Å². The van der Waals surface area contributed by atoms with Gasteiger partial charge in [0, 0.05) is 17.2 Å². The number of alkyl halides is 2. The van der Waals surface area contributed by atoms with Crippen LogP contribution >= 0.6 is 0 Å². The number of fused-ring (bicyclic) bond motifs is 1. The van der Waals surface area contributed by atoms with Crippen LogP contribution in [0.4, 0.5) is 36.4 Å². The lowest BCUT2D eigenvalue weighted by Crippen LogP contribution is -2.45. The Kier molecular flexibility index (Phi) is 4.75. The second-order valence-corrected chi connectivity index (χ2v) is 5.85. The van der Waals surface area contributed by atoms with Gasteiger partial charge in [-0.1, -0.05) is 18.6 Å². The minimum Gasteiger partial charge on any atom is -0.429 e. The maximum absolute atomic E-state index is 14.6. The molecule has 3 rings (SSSR count). The van der Waals surface area contributed by atoms with Crippen LogP contribution in [0.25, 0.3) is 17.2 Å². The maximum atomic E-state index is 14.6. The van der Waals surface area contributed by atoms with E-state index in [4.69, 9.17) is 6.42 Å². The van der Waals surface area contributed by atoms with Crippen molar-refractivity contribution in [2.45, 2.75) is 6.11 Å². The zero-order valence-electron chi connectivity index (χ0n) is 13.9. The molecule has 2 nitrogen and oxygen atoms in total. The molecule has 9 heteroatoms. The average Bonchev–Trinajstić information content (AvgIpc) is 2.60. The van der Waals surface area contributed by atoms with E-state index in [0.717, 1.165) is 11.0 Å². The summed E-state index contributed by atoms with van der Waals surface area (Å²) >= 11 is 0. The van der Waals surface area contributed by atoms with Crippen molar-refractivity contribution in [3.8, 4) is 29.2 Å². The Balaban J connectivity index is 2.30. The molecule has 0 aliphatic carbocycles. The van der Waals surface area contributed by atoms with Crippen LogP contribution in [-0.2, 0) is 0 Å². The van der Waals surface area contributed by atoms with Crippen molar-refractivity contribution in [2.24, 2.45) is 0 Å². The van der Waals surface area contributed by atoms with Crippen LogP contribution in [0.3, 0.4) is 0 Å². The predicted molar refractivity (Wildman–Crippen MR) is 88.4 cm³/mol. The summed E-state index contributed by atoms with van der Waals surface area (Å²) < 4.78 is 103. The van der Waals surface area contributed by atoms with Crippen molar-refractivity contribution in [2.75, 3.05) is 18.0 Å².